The van der Waals surface area contributed by atoms with Crippen LogP contribution in [0.2, 0.25) is 0 Å². The first-order valence-electron chi connectivity index (χ1n) is 3.74. The quantitative estimate of drug-likeness (QED) is 0.476. The highest BCUT2D eigenvalue weighted by Gasteiger charge is 2.07. The fourth-order valence-electron chi connectivity index (χ4n) is 0.615. The van der Waals surface area contributed by atoms with Gasteiger partial charge in [-0.25, -0.2) is 0 Å². The molecule has 0 bridgehead atoms. The Morgan fingerprint density at radius 2 is 2.00 bits per heavy atom. The van der Waals surface area contributed by atoms with Gasteiger partial charge in [0.1, 0.15) is 6.04 Å². The van der Waals surface area contributed by atoms with E-state index < -0.39 is 12.0 Å². The minimum atomic E-state index is -0.891. The Morgan fingerprint density at radius 3 is 2.42 bits per heavy atom. The molecule has 12 heavy (non-hydrogen) atoms. The standard InChI is InChI=1S/C7H14N2O3/c1-5(7(11)12)8-3-4-9-6(2)10/h5,8H,3-4H2,1-2H3,(H,9,10)(H,11,12)/t5-/m1/s1. The van der Waals surface area contributed by atoms with Gasteiger partial charge in [-0.3, -0.25) is 9.59 Å². The number of carbonyl (C=O) groups excluding carboxylic acids is 1. The smallest absolute Gasteiger partial charge is 0.320 e. The second-order valence-electron chi connectivity index (χ2n) is 2.50. The molecule has 0 aliphatic carbocycles. The molecule has 3 N–H and O–H groups in total. The van der Waals surface area contributed by atoms with Crippen LogP contribution in [0.15, 0.2) is 0 Å². The number of amides is 1. The lowest BCUT2D eigenvalue weighted by atomic mass is 10.3. The summed E-state index contributed by atoms with van der Waals surface area (Å²) in [7, 11) is 0. The lowest BCUT2D eigenvalue weighted by Crippen LogP contribution is -2.38. The Morgan fingerprint density at radius 1 is 1.42 bits per heavy atom. The highest BCUT2D eigenvalue weighted by molar-refractivity contribution is 5.73. The summed E-state index contributed by atoms with van der Waals surface area (Å²) in [5.41, 5.74) is 0. The van der Waals surface area contributed by atoms with E-state index in [2.05, 4.69) is 10.6 Å². The van der Waals surface area contributed by atoms with Crippen molar-refractivity contribution in [3.05, 3.63) is 0 Å². The summed E-state index contributed by atoms with van der Waals surface area (Å²) in [4.78, 5) is 20.6. The molecule has 70 valence electrons. The van der Waals surface area contributed by atoms with Gasteiger partial charge in [0.15, 0.2) is 0 Å². The van der Waals surface area contributed by atoms with Crippen LogP contribution in [0.5, 0.6) is 0 Å². The van der Waals surface area contributed by atoms with Crippen LogP contribution in [0.1, 0.15) is 13.8 Å². The maximum absolute atomic E-state index is 10.4. The van der Waals surface area contributed by atoms with Crippen LogP contribution in [-0.2, 0) is 9.59 Å². The summed E-state index contributed by atoms with van der Waals surface area (Å²) in [5.74, 6) is -1.00. The number of carboxylic acids is 1. The predicted molar refractivity (Wildman–Crippen MR) is 43.8 cm³/mol. The molecule has 0 unspecified atom stereocenters. The third kappa shape index (κ3) is 5.67. The van der Waals surface area contributed by atoms with Crippen LogP contribution < -0.4 is 10.6 Å². The van der Waals surface area contributed by atoms with Gasteiger partial charge in [-0.05, 0) is 6.92 Å². The minimum absolute atomic E-state index is 0.111. The van der Waals surface area contributed by atoms with Crippen molar-refractivity contribution in [3.8, 4) is 0 Å². The van der Waals surface area contributed by atoms with E-state index in [-0.39, 0.29) is 5.91 Å². The zero-order valence-corrected chi connectivity index (χ0v) is 7.26. The SMILES string of the molecule is CC(=O)NCCN[C@H](C)C(=O)O. The summed E-state index contributed by atoms with van der Waals surface area (Å²) >= 11 is 0. The molecule has 0 rings (SSSR count). The van der Waals surface area contributed by atoms with Gasteiger partial charge in [0.25, 0.3) is 0 Å². The predicted octanol–water partition coefficient (Wildman–Crippen LogP) is -0.815. The topological polar surface area (TPSA) is 78.4 Å². The monoisotopic (exact) mass is 174 g/mol. The average Bonchev–Trinajstić information content (AvgIpc) is 1.97. The van der Waals surface area contributed by atoms with Crippen LogP contribution in [0, 0.1) is 0 Å². The summed E-state index contributed by atoms with van der Waals surface area (Å²) < 4.78 is 0. The van der Waals surface area contributed by atoms with Crippen LogP contribution in [0.3, 0.4) is 0 Å². The van der Waals surface area contributed by atoms with Gasteiger partial charge in [-0.1, -0.05) is 0 Å². The number of hydrogen-bond donors (Lipinski definition) is 3. The fraction of sp³-hybridized carbons (Fsp3) is 0.714. The maximum atomic E-state index is 10.4. The normalized spacial score (nSPS) is 12.2. The number of nitrogens with one attached hydrogen (secondary N) is 2. The third-order valence-corrected chi connectivity index (χ3v) is 1.32. The van der Waals surface area contributed by atoms with Crippen molar-refractivity contribution in [1.82, 2.24) is 10.6 Å². The molecule has 0 saturated carbocycles. The van der Waals surface area contributed by atoms with E-state index >= 15 is 0 Å². The molecule has 0 aromatic rings. The number of rotatable bonds is 5. The van der Waals surface area contributed by atoms with E-state index in [1.807, 2.05) is 0 Å². The molecule has 5 heteroatoms. The summed E-state index contributed by atoms with van der Waals surface area (Å²) in [6, 6.07) is -0.571. The molecule has 0 heterocycles. The van der Waals surface area contributed by atoms with Crippen molar-refractivity contribution >= 4 is 11.9 Å². The van der Waals surface area contributed by atoms with Crippen LogP contribution in [0.4, 0.5) is 0 Å². The summed E-state index contributed by atoms with van der Waals surface area (Å²) in [5, 5.41) is 13.7. The Hall–Kier alpha value is -1.10. The second-order valence-corrected chi connectivity index (χ2v) is 2.50. The van der Waals surface area contributed by atoms with E-state index in [4.69, 9.17) is 5.11 Å². The van der Waals surface area contributed by atoms with E-state index in [1.54, 1.807) is 6.92 Å². The van der Waals surface area contributed by atoms with Crippen molar-refractivity contribution in [3.63, 3.8) is 0 Å². The number of carboxylic acid groups (broad SMARTS) is 1. The fourth-order valence-corrected chi connectivity index (χ4v) is 0.615. The highest BCUT2D eigenvalue weighted by atomic mass is 16.4. The van der Waals surface area contributed by atoms with Gasteiger partial charge in [0.2, 0.25) is 5.91 Å². The van der Waals surface area contributed by atoms with Gasteiger partial charge in [-0.2, -0.15) is 0 Å². The highest BCUT2D eigenvalue weighted by Crippen LogP contribution is 1.78. The first kappa shape index (κ1) is 10.9. The molecule has 5 nitrogen and oxygen atoms in total. The average molecular weight is 174 g/mol. The van der Waals surface area contributed by atoms with E-state index in [0.717, 1.165) is 0 Å². The van der Waals surface area contributed by atoms with Crippen molar-refractivity contribution in [2.75, 3.05) is 13.1 Å². The molecular weight excluding hydrogens is 160 g/mol. The lowest BCUT2D eigenvalue weighted by Gasteiger charge is -2.08. The molecular formula is C7H14N2O3. The Kier molecular flexibility index (Phi) is 5.03. The van der Waals surface area contributed by atoms with Crippen molar-refractivity contribution in [2.24, 2.45) is 0 Å². The Labute approximate surface area is 71.1 Å². The first-order chi connectivity index (χ1) is 5.54. The molecule has 0 aliphatic rings. The zero-order chi connectivity index (χ0) is 9.56. The number of carbonyl (C=O) groups is 2. The molecule has 0 spiro atoms. The number of aliphatic carboxylic acids is 1. The minimum Gasteiger partial charge on any atom is -0.480 e. The van der Waals surface area contributed by atoms with Gasteiger partial charge >= 0.3 is 5.97 Å². The summed E-state index contributed by atoms with van der Waals surface area (Å²) in [6.07, 6.45) is 0. The third-order valence-electron chi connectivity index (χ3n) is 1.32. The lowest BCUT2D eigenvalue weighted by molar-refractivity contribution is -0.138. The summed E-state index contributed by atoms with van der Waals surface area (Å²) in [6.45, 7) is 3.89. The van der Waals surface area contributed by atoms with Crippen molar-refractivity contribution < 1.29 is 14.7 Å². The molecule has 0 saturated heterocycles. The van der Waals surface area contributed by atoms with E-state index in [9.17, 15) is 9.59 Å². The van der Waals surface area contributed by atoms with Crippen LogP contribution in [0.25, 0.3) is 0 Å². The van der Waals surface area contributed by atoms with E-state index in [1.165, 1.54) is 6.92 Å². The molecule has 0 aliphatic heterocycles. The van der Waals surface area contributed by atoms with Gasteiger partial charge in [0, 0.05) is 20.0 Å². The first-order valence-corrected chi connectivity index (χ1v) is 3.74. The molecule has 1 amide bonds. The van der Waals surface area contributed by atoms with Crippen LogP contribution >= 0.6 is 0 Å². The van der Waals surface area contributed by atoms with Gasteiger partial charge in [-0.15, -0.1) is 0 Å². The van der Waals surface area contributed by atoms with Crippen LogP contribution in [-0.4, -0.2) is 36.1 Å². The Bertz CT molecular complexity index is 170. The van der Waals surface area contributed by atoms with Crippen molar-refractivity contribution in [1.29, 1.82) is 0 Å². The molecule has 1 atom stereocenters. The Balaban J connectivity index is 3.31. The van der Waals surface area contributed by atoms with Gasteiger partial charge < -0.3 is 15.7 Å². The largest absolute Gasteiger partial charge is 0.480 e. The molecule has 0 aromatic carbocycles. The number of hydrogen-bond acceptors (Lipinski definition) is 3. The second kappa shape index (κ2) is 5.54. The van der Waals surface area contributed by atoms with E-state index in [0.29, 0.717) is 13.1 Å². The van der Waals surface area contributed by atoms with Crippen molar-refractivity contribution in [2.45, 2.75) is 19.9 Å². The zero-order valence-electron chi connectivity index (χ0n) is 7.26. The maximum Gasteiger partial charge on any atom is 0.320 e. The van der Waals surface area contributed by atoms with Gasteiger partial charge in [0.05, 0.1) is 0 Å². The molecule has 0 aromatic heterocycles. The molecule has 0 radical (unpaired) electrons. The molecule has 0 fully saturated rings.